The lowest BCUT2D eigenvalue weighted by molar-refractivity contribution is -0.111. The van der Waals surface area contributed by atoms with Crippen LogP contribution < -0.4 is 20.9 Å². The maximum Gasteiger partial charge on any atom is 0.300 e. The highest BCUT2D eigenvalue weighted by atomic mass is 19.1. The highest BCUT2D eigenvalue weighted by Gasteiger charge is 2.18. The van der Waals surface area contributed by atoms with Crippen molar-refractivity contribution < 1.29 is 13.9 Å². The lowest BCUT2D eigenvalue weighted by Crippen LogP contribution is -2.19. The van der Waals surface area contributed by atoms with Gasteiger partial charge in [0.25, 0.3) is 11.5 Å². The fourth-order valence-electron chi connectivity index (χ4n) is 3.37. The van der Waals surface area contributed by atoms with Gasteiger partial charge in [0, 0.05) is 31.4 Å². The van der Waals surface area contributed by atoms with Gasteiger partial charge in [0.05, 0.1) is 5.69 Å². The first-order valence-corrected chi connectivity index (χ1v) is 9.49. The molecule has 1 heterocycles. The number of hydrogen-bond donors (Lipinski definition) is 2. The Morgan fingerprint density at radius 3 is 2.45 bits per heavy atom. The summed E-state index contributed by atoms with van der Waals surface area (Å²) in [6.07, 6.45) is 6.87. The maximum atomic E-state index is 13.7. The molecular weight excluding hydrogens is 397 g/mol. The molecule has 0 aliphatic carbocycles. The molecule has 0 fully saturated rings. The van der Waals surface area contributed by atoms with E-state index >= 15 is 0 Å². The highest BCUT2D eigenvalue weighted by molar-refractivity contribution is 6.06. The largest absolute Gasteiger partial charge is 0.456 e. The minimum absolute atomic E-state index is 0.205. The number of pyridine rings is 1. The number of nitrogens with one attached hydrogen (secondary N) is 2. The lowest BCUT2D eigenvalue weighted by atomic mass is 10.0. The standard InChI is InChI=1S/C24H22FN3O3/c1-6-21(29)27-18-8-7-9-20(31-23-14(2)10-17(25)11-15(23)3)22(18)16-12-19(26-4)24(30)28(5)13-16/h1,7-13,26H,2-5H3,(H,27,29). The predicted octanol–water partition coefficient (Wildman–Crippen LogP) is 4.21. The van der Waals surface area contributed by atoms with E-state index in [0.29, 0.717) is 45.1 Å². The van der Waals surface area contributed by atoms with E-state index in [1.165, 1.54) is 16.7 Å². The number of terminal acetylenes is 1. The van der Waals surface area contributed by atoms with Gasteiger partial charge < -0.3 is 19.9 Å². The summed E-state index contributed by atoms with van der Waals surface area (Å²) in [6, 6.07) is 9.56. The Labute approximate surface area is 179 Å². The molecule has 0 aliphatic heterocycles. The Balaban J connectivity index is 2.25. The van der Waals surface area contributed by atoms with Crippen molar-refractivity contribution in [3.05, 3.63) is 69.9 Å². The van der Waals surface area contributed by atoms with Crippen LogP contribution in [0.3, 0.4) is 0 Å². The van der Waals surface area contributed by atoms with Crippen LogP contribution in [0.5, 0.6) is 11.5 Å². The number of rotatable bonds is 5. The second-order valence-electron chi connectivity index (χ2n) is 7.06. The van der Waals surface area contributed by atoms with Crippen LogP contribution in [0.4, 0.5) is 15.8 Å². The Hall–Kier alpha value is -4.05. The number of carbonyl (C=O) groups excluding carboxylic acids is 1. The summed E-state index contributed by atoms with van der Waals surface area (Å²) in [5.74, 6) is 1.97. The fraction of sp³-hybridized carbons (Fsp3) is 0.167. The molecule has 2 aromatic carbocycles. The molecule has 3 aromatic rings. The highest BCUT2D eigenvalue weighted by Crippen LogP contribution is 2.41. The van der Waals surface area contributed by atoms with Gasteiger partial charge in [-0.3, -0.25) is 9.59 Å². The van der Waals surface area contributed by atoms with Crippen molar-refractivity contribution in [1.29, 1.82) is 0 Å². The third-order valence-corrected chi connectivity index (χ3v) is 4.78. The number of anilines is 2. The van der Waals surface area contributed by atoms with Gasteiger partial charge in [0.1, 0.15) is 23.0 Å². The van der Waals surface area contributed by atoms with Gasteiger partial charge >= 0.3 is 0 Å². The minimum Gasteiger partial charge on any atom is -0.456 e. The molecule has 3 rings (SSSR count). The van der Waals surface area contributed by atoms with Crippen LogP contribution in [-0.2, 0) is 11.8 Å². The van der Waals surface area contributed by atoms with Crippen molar-refractivity contribution in [2.24, 2.45) is 7.05 Å². The summed E-state index contributed by atoms with van der Waals surface area (Å²) in [7, 11) is 3.28. The van der Waals surface area contributed by atoms with Gasteiger partial charge in [-0.2, -0.15) is 0 Å². The van der Waals surface area contributed by atoms with E-state index in [4.69, 9.17) is 11.2 Å². The molecule has 158 valence electrons. The van der Waals surface area contributed by atoms with Gasteiger partial charge in [0.2, 0.25) is 0 Å². The number of hydrogen-bond acceptors (Lipinski definition) is 4. The number of amides is 1. The molecule has 0 atom stereocenters. The Morgan fingerprint density at radius 1 is 1.16 bits per heavy atom. The van der Waals surface area contributed by atoms with E-state index in [0.717, 1.165) is 0 Å². The van der Waals surface area contributed by atoms with E-state index in [-0.39, 0.29) is 11.4 Å². The first-order chi connectivity index (χ1) is 14.7. The van der Waals surface area contributed by atoms with E-state index in [9.17, 15) is 14.0 Å². The molecule has 7 heteroatoms. The number of benzene rings is 2. The summed E-state index contributed by atoms with van der Waals surface area (Å²) < 4.78 is 21.4. The van der Waals surface area contributed by atoms with E-state index in [2.05, 4.69) is 10.6 Å². The fourth-order valence-corrected chi connectivity index (χ4v) is 3.37. The number of aromatic nitrogens is 1. The molecule has 31 heavy (non-hydrogen) atoms. The first kappa shape index (κ1) is 21.7. The zero-order valence-electron chi connectivity index (χ0n) is 17.7. The number of nitrogens with zero attached hydrogens (tertiary/aromatic N) is 1. The predicted molar refractivity (Wildman–Crippen MR) is 120 cm³/mol. The van der Waals surface area contributed by atoms with E-state index in [1.54, 1.807) is 58.4 Å². The number of aryl methyl sites for hydroxylation is 3. The lowest BCUT2D eigenvalue weighted by Gasteiger charge is -2.19. The second kappa shape index (κ2) is 8.76. The molecule has 0 spiro atoms. The molecule has 0 bridgehead atoms. The second-order valence-corrected chi connectivity index (χ2v) is 7.06. The van der Waals surface area contributed by atoms with Crippen molar-refractivity contribution in [3.63, 3.8) is 0 Å². The number of carbonyl (C=O) groups is 1. The zero-order chi connectivity index (χ0) is 22.7. The zero-order valence-corrected chi connectivity index (χ0v) is 17.7. The molecule has 1 aromatic heterocycles. The average Bonchev–Trinajstić information content (AvgIpc) is 2.72. The summed E-state index contributed by atoms with van der Waals surface area (Å²) in [5, 5.41) is 5.55. The molecule has 0 saturated heterocycles. The van der Waals surface area contributed by atoms with Crippen LogP contribution >= 0.6 is 0 Å². The van der Waals surface area contributed by atoms with E-state index < -0.39 is 5.91 Å². The topological polar surface area (TPSA) is 72.4 Å². The van der Waals surface area contributed by atoms with Crippen LogP contribution in [0.2, 0.25) is 0 Å². The van der Waals surface area contributed by atoms with Gasteiger partial charge in [-0.1, -0.05) is 6.07 Å². The summed E-state index contributed by atoms with van der Waals surface area (Å²) in [6.45, 7) is 3.50. The van der Waals surface area contributed by atoms with Crippen LogP contribution in [0, 0.1) is 32.0 Å². The summed E-state index contributed by atoms with van der Waals surface area (Å²) in [4.78, 5) is 24.3. The minimum atomic E-state index is -0.619. The maximum absolute atomic E-state index is 13.7. The van der Waals surface area contributed by atoms with Gasteiger partial charge in [-0.25, -0.2) is 4.39 Å². The quantitative estimate of drug-likeness (QED) is 0.608. The smallest absolute Gasteiger partial charge is 0.300 e. The number of ether oxygens (including phenoxy) is 1. The summed E-state index contributed by atoms with van der Waals surface area (Å²) >= 11 is 0. The van der Waals surface area contributed by atoms with Crippen LogP contribution in [-0.4, -0.2) is 17.5 Å². The van der Waals surface area contributed by atoms with Gasteiger partial charge in [0.15, 0.2) is 0 Å². The third kappa shape index (κ3) is 4.43. The van der Waals surface area contributed by atoms with Gasteiger partial charge in [-0.15, -0.1) is 6.42 Å². The van der Waals surface area contributed by atoms with Crippen LogP contribution in [0.15, 0.2) is 47.4 Å². The monoisotopic (exact) mass is 419 g/mol. The molecule has 0 aliphatic rings. The SMILES string of the molecule is C#CC(=O)Nc1cccc(Oc2c(C)cc(F)cc2C)c1-c1cc(NC)c(=O)n(C)c1. The Morgan fingerprint density at radius 2 is 1.84 bits per heavy atom. The number of halogens is 1. The van der Waals surface area contributed by atoms with Gasteiger partial charge in [-0.05, 0) is 61.2 Å². The molecule has 0 saturated carbocycles. The van der Waals surface area contributed by atoms with Crippen LogP contribution in [0.1, 0.15) is 11.1 Å². The summed E-state index contributed by atoms with van der Waals surface area (Å²) in [5.41, 5.74) is 2.98. The first-order valence-electron chi connectivity index (χ1n) is 9.49. The molecule has 1 amide bonds. The van der Waals surface area contributed by atoms with Crippen molar-refractivity contribution in [2.45, 2.75) is 13.8 Å². The Kier molecular flexibility index (Phi) is 6.12. The van der Waals surface area contributed by atoms with Crippen molar-refractivity contribution >= 4 is 17.3 Å². The third-order valence-electron chi connectivity index (χ3n) is 4.78. The van der Waals surface area contributed by atoms with Crippen molar-refractivity contribution in [1.82, 2.24) is 4.57 Å². The molecule has 6 nitrogen and oxygen atoms in total. The van der Waals surface area contributed by atoms with Crippen molar-refractivity contribution in [3.8, 4) is 35.0 Å². The van der Waals surface area contributed by atoms with Crippen LogP contribution in [0.25, 0.3) is 11.1 Å². The Bertz CT molecular complexity index is 1250. The van der Waals surface area contributed by atoms with E-state index in [1.807, 2.05) is 5.92 Å². The molecule has 0 unspecified atom stereocenters. The van der Waals surface area contributed by atoms with Crippen molar-refractivity contribution in [2.75, 3.05) is 17.7 Å². The molecular formula is C24H22FN3O3. The molecule has 2 N–H and O–H groups in total. The molecule has 0 radical (unpaired) electrons. The normalized spacial score (nSPS) is 10.3. The average molecular weight is 419 g/mol.